The van der Waals surface area contributed by atoms with Gasteiger partial charge >= 0.3 is 6.03 Å². The van der Waals surface area contributed by atoms with Crippen LogP contribution in [0.5, 0.6) is 0 Å². The fraction of sp³-hybridized carbons (Fsp3) is 0.250. The molecule has 0 bridgehead atoms. The van der Waals surface area contributed by atoms with Crippen molar-refractivity contribution in [1.29, 1.82) is 0 Å². The second kappa shape index (κ2) is 8.45. The van der Waals surface area contributed by atoms with Gasteiger partial charge in [-0.15, -0.1) is 0 Å². The molecule has 2 aliphatic rings. The molecule has 6 nitrogen and oxygen atoms in total. The largest absolute Gasteiger partial charge is 0.417 e. The summed E-state index contributed by atoms with van der Waals surface area (Å²) in [5.74, 6) is -0.0483. The number of hydrogen-bond donors (Lipinski definition) is 1. The Balaban J connectivity index is 1.57. The van der Waals surface area contributed by atoms with Crippen molar-refractivity contribution in [2.24, 2.45) is 10.9 Å². The lowest BCUT2D eigenvalue weighted by atomic mass is 9.88. The molecular weight excluding hydrogens is 376 g/mol. The SMILES string of the molecule is CN1C(=O)C2C(=NCCC(c3ccccc3)c3ccccc3)C=C[NH+]=C2N(C)C1=O. The van der Waals surface area contributed by atoms with Crippen LogP contribution < -0.4 is 4.99 Å². The number of nitrogens with zero attached hydrogens (tertiary/aromatic N) is 3. The highest BCUT2D eigenvalue weighted by atomic mass is 16.2. The van der Waals surface area contributed by atoms with E-state index in [1.165, 1.54) is 23.1 Å². The maximum atomic E-state index is 12.8. The number of imide groups is 1. The first-order valence-electron chi connectivity index (χ1n) is 10.1. The molecule has 1 unspecified atom stereocenters. The van der Waals surface area contributed by atoms with Gasteiger partial charge in [0.1, 0.15) is 0 Å². The predicted molar refractivity (Wildman–Crippen MR) is 116 cm³/mol. The maximum absolute atomic E-state index is 12.8. The Bertz CT molecular complexity index is 988. The first-order chi connectivity index (χ1) is 14.6. The van der Waals surface area contributed by atoms with Crippen molar-refractivity contribution < 1.29 is 14.6 Å². The lowest BCUT2D eigenvalue weighted by molar-refractivity contribution is -0.382. The van der Waals surface area contributed by atoms with Crippen LogP contribution in [0.4, 0.5) is 4.79 Å². The van der Waals surface area contributed by atoms with Crippen molar-refractivity contribution in [2.45, 2.75) is 12.3 Å². The highest BCUT2D eigenvalue weighted by Crippen LogP contribution is 2.28. The summed E-state index contributed by atoms with van der Waals surface area (Å²) in [6.07, 6.45) is 4.38. The number of urea groups is 1. The predicted octanol–water partition coefficient (Wildman–Crippen LogP) is 1.80. The molecule has 2 heterocycles. The summed E-state index contributed by atoms with van der Waals surface area (Å²) in [6.45, 7) is 0.576. The van der Waals surface area contributed by atoms with Gasteiger partial charge in [0.15, 0.2) is 5.92 Å². The number of carbonyl (C=O) groups is 2. The van der Waals surface area contributed by atoms with E-state index in [2.05, 4.69) is 53.5 Å². The van der Waals surface area contributed by atoms with Crippen molar-refractivity contribution >= 4 is 23.5 Å². The molecule has 1 fully saturated rings. The number of amidine groups is 1. The van der Waals surface area contributed by atoms with Gasteiger partial charge in [0.25, 0.3) is 11.7 Å². The van der Waals surface area contributed by atoms with Crippen LogP contribution in [0.15, 0.2) is 77.9 Å². The summed E-state index contributed by atoms with van der Waals surface area (Å²) in [5, 5.41) is 0. The summed E-state index contributed by atoms with van der Waals surface area (Å²) in [7, 11) is 3.17. The molecule has 0 spiro atoms. The molecule has 2 aliphatic heterocycles. The van der Waals surface area contributed by atoms with Crippen molar-refractivity contribution in [3.63, 3.8) is 0 Å². The van der Waals surface area contributed by atoms with Gasteiger partial charge in [-0.2, -0.15) is 4.90 Å². The zero-order valence-corrected chi connectivity index (χ0v) is 17.2. The molecule has 3 amide bonds. The maximum Gasteiger partial charge on any atom is 0.417 e. The summed E-state index contributed by atoms with van der Waals surface area (Å²) >= 11 is 0. The molecule has 0 saturated carbocycles. The van der Waals surface area contributed by atoms with Crippen molar-refractivity contribution in [2.75, 3.05) is 20.6 Å². The van der Waals surface area contributed by atoms with Gasteiger partial charge in [0.2, 0.25) is 0 Å². The van der Waals surface area contributed by atoms with Crippen molar-refractivity contribution in [1.82, 2.24) is 9.80 Å². The van der Waals surface area contributed by atoms with E-state index >= 15 is 0 Å². The van der Waals surface area contributed by atoms with Gasteiger partial charge < -0.3 is 0 Å². The Kier molecular flexibility index (Phi) is 5.57. The minimum Gasteiger partial charge on any atom is -0.288 e. The van der Waals surface area contributed by atoms with Gasteiger partial charge in [-0.3, -0.25) is 9.79 Å². The number of benzene rings is 2. The Labute approximate surface area is 176 Å². The smallest absolute Gasteiger partial charge is 0.288 e. The molecule has 0 radical (unpaired) electrons. The van der Waals surface area contributed by atoms with Crippen LogP contribution >= 0.6 is 0 Å². The highest BCUT2D eigenvalue weighted by Gasteiger charge is 2.49. The third-order valence-corrected chi connectivity index (χ3v) is 5.68. The lowest BCUT2D eigenvalue weighted by Gasteiger charge is -2.31. The molecule has 30 heavy (non-hydrogen) atoms. The van der Waals surface area contributed by atoms with E-state index in [1.807, 2.05) is 18.2 Å². The zero-order valence-electron chi connectivity index (χ0n) is 17.2. The summed E-state index contributed by atoms with van der Waals surface area (Å²) < 4.78 is 0. The van der Waals surface area contributed by atoms with E-state index in [9.17, 15) is 9.59 Å². The van der Waals surface area contributed by atoms with Crippen LogP contribution in [0.3, 0.4) is 0 Å². The van der Waals surface area contributed by atoms with Crippen molar-refractivity contribution in [3.8, 4) is 0 Å². The molecule has 0 aliphatic carbocycles. The Morgan fingerprint density at radius 1 is 0.933 bits per heavy atom. The molecule has 6 heteroatoms. The molecule has 1 N–H and O–H groups in total. The van der Waals surface area contributed by atoms with E-state index in [4.69, 9.17) is 4.99 Å². The van der Waals surface area contributed by atoms with Gasteiger partial charge in [0.05, 0.1) is 19.0 Å². The highest BCUT2D eigenvalue weighted by molar-refractivity contribution is 6.30. The number of hydrogen-bond acceptors (Lipinski definition) is 3. The number of carbonyl (C=O) groups excluding carboxylic acids is 2. The van der Waals surface area contributed by atoms with Gasteiger partial charge in [0, 0.05) is 19.5 Å². The number of aliphatic imine (C=N–C) groups is 1. The van der Waals surface area contributed by atoms with Crippen LogP contribution in [0.2, 0.25) is 0 Å². The van der Waals surface area contributed by atoms with Gasteiger partial charge in [-0.05, 0) is 23.6 Å². The number of allylic oxidation sites excluding steroid dienone is 1. The van der Waals surface area contributed by atoms with E-state index < -0.39 is 5.92 Å². The third-order valence-electron chi connectivity index (χ3n) is 5.68. The fourth-order valence-electron chi connectivity index (χ4n) is 4.05. The first kappa shape index (κ1) is 19.8. The molecule has 2 aromatic carbocycles. The van der Waals surface area contributed by atoms with Crippen LogP contribution in [0.1, 0.15) is 23.5 Å². The van der Waals surface area contributed by atoms with Crippen LogP contribution in [0.25, 0.3) is 0 Å². The average Bonchev–Trinajstić information content (AvgIpc) is 2.80. The molecular formula is C24H25N4O2+. The van der Waals surface area contributed by atoms with E-state index in [1.54, 1.807) is 13.2 Å². The molecule has 0 aromatic heterocycles. The number of amides is 3. The standard InChI is InChI=1S/C24H24N4O2/c1-27-22-21(23(29)28(2)24(27)30)20(14-16-26-22)25-15-13-19(17-9-5-3-6-10-17)18-11-7-4-8-12-18/h3-12,14,16,19,21H,13,15H2,1-2H3/p+1. The minimum atomic E-state index is -0.574. The molecule has 1 atom stereocenters. The lowest BCUT2D eigenvalue weighted by Crippen LogP contribution is -2.79. The first-order valence-corrected chi connectivity index (χ1v) is 10.1. The normalized spacial score (nSPS) is 20.0. The van der Waals surface area contributed by atoms with Crippen LogP contribution in [0, 0.1) is 5.92 Å². The second-order valence-electron chi connectivity index (χ2n) is 7.50. The van der Waals surface area contributed by atoms with E-state index in [0.717, 1.165) is 11.3 Å². The Hall–Kier alpha value is -3.54. The van der Waals surface area contributed by atoms with E-state index in [0.29, 0.717) is 18.1 Å². The van der Waals surface area contributed by atoms with Gasteiger partial charge in [-0.1, -0.05) is 60.7 Å². The fourth-order valence-corrected chi connectivity index (χ4v) is 4.05. The summed E-state index contributed by atoms with van der Waals surface area (Å²) in [6, 6.07) is 20.5. The van der Waals surface area contributed by atoms with Crippen LogP contribution in [-0.2, 0) is 4.79 Å². The molecule has 152 valence electrons. The molecule has 1 saturated heterocycles. The Morgan fingerprint density at radius 2 is 1.53 bits per heavy atom. The second-order valence-corrected chi connectivity index (χ2v) is 7.50. The minimum absolute atomic E-state index is 0.222. The van der Waals surface area contributed by atoms with E-state index in [-0.39, 0.29) is 17.9 Å². The third kappa shape index (κ3) is 3.68. The summed E-state index contributed by atoms with van der Waals surface area (Å²) in [4.78, 5) is 35.4. The van der Waals surface area contributed by atoms with Crippen molar-refractivity contribution in [3.05, 3.63) is 84.1 Å². The molecule has 2 aromatic rings. The number of rotatable bonds is 5. The topological polar surface area (TPSA) is 67.0 Å². The van der Waals surface area contributed by atoms with Crippen LogP contribution in [-0.4, -0.2) is 53.9 Å². The number of fused-ring (bicyclic) bond motifs is 1. The monoisotopic (exact) mass is 401 g/mol. The quantitative estimate of drug-likeness (QED) is 0.830. The summed E-state index contributed by atoms with van der Waals surface area (Å²) in [5.41, 5.74) is 3.17. The number of nitrogens with one attached hydrogen (secondary N) is 1. The zero-order chi connectivity index (χ0) is 21.1. The van der Waals surface area contributed by atoms with Gasteiger partial charge in [-0.25, -0.2) is 14.7 Å². The Morgan fingerprint density at radius 3 is 2.13 bits per heavy atom. The molecule has 4 rings (SSSR count). The average molecular weight is 401 g/mol.